The first-order chi connectivity index (χ1) is 16.2. The summed E-state index contributed by atoms with van der Waals surface area (Å²) in [5.74, 6) is -0.0504. The molecule has 8 nitrogen and oxygen atoms in total. The average Bonchev–Trinajstić information content (AvgIpc) is 3.06. The summed E-state index contributed by atoms with van der Waals surface area (Å²) in [5.41, 5.74) is -0.788. The molecule has 1 N–H and O–H groups in total. The van der Waals surface area contributed by atoms with Crippen molar-refractivity contribution in [1.29, 1.82) is 0 Å². The van der Waals surface area contributed by atoms with Gasteiger partial charge in [0.25, 0.3) is 0 Å². The highest BCUT2D eigenvalue weighted by Gasteiger charge is 2.42. The van der Waals surface area contributed by atoms with Crippen LogP contribution >= 0.6 is 0 Å². The lowest BCUT2D eigenvalue weighted by atomic mass is 10.0. The molecule has 12 heteroatoms. The number of halogens is 3. The van der Waals surface area contributed by atoms with Crippen LogP contribution in [-0.4, -0.2) is 53.0 Å². The maximum Gasteiger partial charge on any atom is 0.424 e. The molecule has 0 bridgehead atoms. The molecule has 3 aromatic rings. The van der Waals surface area contributed by atoms with Crippen LogP contribution in [-0.2, 0) is 20.9 Å². The van der Waals surface area contributed by atoms with E-state index in [2.05, 4.69) is 15.5 Å². The summed E-state index contributed by atoms with van der Waals surface area (Å²) in [5, 5.41) is 12.6. The van der Waals surface area contributed by atoms with E-state index in [1.54, 1.807) is 45.0 Å². The lowest BCUT2D eigenvalue weighted by molar-refractivity contribution is -0.137. The van der Waals surface area contributed by atoms with Gasteiger partial charge < -0.3 is 10.1 Å². The van der Waals surface area contributed by atoms with Gasteiger partial charge in [-0.3, -0.25) is 0 Å². The van der Waals surface area contributed by atoms with Crippen molar-refractivity contribution in [3.8, 4) is 11.3 Å². The highest BCUT2D eigenvalue weighted by Crippen LogP contribution is 2.34. The fourth-order valence-corrected chi connectivity index (χ4v) is 5.28. The van der Waals surface area contributed by atoms with Gasteiger partial charge in [-0.1, -0.05) is 36.4 Å². The van der Waals surface area contributed by atoms with Crippen LogP contribution in [0.15, 0.2) is 48.5 Å². The summed E-state index contributed by atoms with van der Waals surface area (Å²) in [4.78, 5) is 12.4. The highest BCUT2D eigenvalue weighted by atomic mass is 32.2. The van der Waals surface area contributed by atoms with E-state index in [0.717, 1.165) is 12.1 Å². The Labute approximate surface area is 200 Å². The van der Waals surface area contributed by atoms with E-state index in [1.807, 2.05) is 0 Å². The average molecular weight is 509 g/mol. The second-order valence-electron chi connectivity index (χ2n) is 9.15. The maximum absolute atomic E-state index is 12.9. The fraction of sp³-hybridized carbons (Fsp3) is 0.348. The van der Waals surface area contributed by atoms with Crippen molar-refractivity contribution in [3.63, 3.8) is 0 Å². The Bertz CT molecular complexity index is 1370. The number of aromatic nitrogens is 2. The molecule has 1 aromatic heterocycles. The fourth-order valence-electron chi connectivity index (χ4n) is 3.73. The molecule has 0 saturated carbocycles. The Morgan fingerprint density at radius 2 is 1.66 bits per heavy atom. The number of nitrogens with zero attached hydrogens (tertiary/aromatic N) is 3. The van der Waals surface area contributed by atoms with Crippen molar-refractivity contribution in [3.05, 3.63) is 54.1 Å². The van der Waals surface area contributed by atoms with Gasteiger partial charge in [-0.05, 0) is 32.9 Å². The zero-order valence-corrected chi connectivity index (χ0v) is 19.9. The molecule has 1 amide bonds. The summed E-state index contributed by atoms with van der Waals surface area (Å²) in [6.45, 7) is 4.78. The van der Waals surface area contributed by atoms with Crippen molar-refractivity contribution >= 4 is 32.7 Å². The van der Waals surface area contributed by atoms with Gasteiger partial charge in [0.15, 0.2) is 5.82 Å². The third-order valence-electron chi connectivity index (χ3n) is 5.24. The molecule has 1 atom stereocenters. The number of carbonyl (C=O) groups excluding carboxylic acids is 1. The smallest absolute Gasteiger partial charge is 0.424 e. The van der Waals surface area contributed by atoms with E-state index >= 15 is 0 Å². The Kier molecular flexibility index (Phi) is 6.12. The third-order valence-corrected chi connectivity index (χ3v) is 7.04. The highest BCUT2D eigenvalue weighted by molar-refractivity contribution is 7.89. The van der Waals surface area contributed by atoms with Gasteiger partial charge in [-0.25, -0.2) is 17.5 Å². The van der Waals surface area contributed by atoms with Crippen molar-refractivity contribution in [2.24, 2.45) is 0 Å². The number of alkyl halides is 3. The molecule has 0 radical (unpaired) electrons. The summed E-state index contributed by atoms with van der Waals surface area (Å²) in [6.07, 6.45) is -5.40. The van der Waals surface area contributed by atoms with E-state index in [1.165, 1.54) is 12.1 Å². The zero-order chi connectivity index (χ0) is 25.6. The normalized spacial score (nSPS) is 18.0. The third kappa shape index (κ3) is 5.31. The standard InChI is InChI=1S/C23H23F3N4O4S/c1-22(2,3)34-21(31)30-12-16(13-35(30,32)33)27-20-18-7-5-4-6-17(18)19(28-29-20)14-8-10-15(11-9-14)23(24,25)26/h4-11,16H,12-13H2,1-3H3,(H,27,29). The lowest BCUT2D eigenvalue weighted by Crippen LogP contribution is -2.38. The number of anilines is 1. The molecule has 1 aliphatic heterocycles. The van der Waals surface area contributed by atoms with Crippen LogP contribution in [0.1, 0.15) is 26.3 Å². The van der Waals surface area contributed by atoms with Gasteiger partial charge in [0, 0.05) is 16.3 Å². The van der Waals surface area contributed by atoms with Crippen molar-refractivity contribution in [1.82, 2.24) is 14.5 Å². The molecule has 0 aliphatic carbocycles. The number of hydrogen-bond donors (Lipinski definition) is 1. The molecule has 35 heavy (non-hydrogen) atoms. The van der Waals surface area contributed by atoms with E-state index in [9.17, 15) is 26.4 Å². The van der Waals surface area contributed by atoms with Crippen LogP contribution in [0.25, 0.3) is 22.0 Å². The molecule has 0 spiro atoms. The molecule has 2 aromatic carbocycles. The first-order valence-electron chi connectivity index (χ1n) is 10.7. The number of benzene rings is 2. The van der Waals surface area contributed by atoms with Crippen molar-refractivity contribution in [2.45, 2.75) is 38.6 Å². The Balaban J connectivity index is 1.62. The molecular formula is C23H23F3N4O4S. The van der Waals surface area contributed by atoms with Crippen LogP contribution in [0, 0.1) is 0 Å². The molecule has 186 valence electrons. The molecule has 1 aliphatic rings. The van der Waals surface area contributed by atoms with E-state index < -0.39 is 39.5 Å². The summed E-state index contributed by atoms with van der Waals surface area (Å²) >= 11 is 0. The number of fused-ring (bicyclic) bond motifs is 1. The monoisotopic (exact) mass is 508 g/mol. The van der Waals surface area contributed by atoms with Crippen LogP contribution in [0.4, 0.5) is 23.8 Å². The Morgan fingerprint density at radius 3 is 2.26 bits per heavy atom. The van der Waals surface area contributed by atoms with Crippen LogP contribution < -0.4 is 5.32 Å². The molecule has 2 heterocycles. The number of sulfonamides is 1. The van der Waals surface area contributed by atoms with E-state index in [-0.39, 0.29) is 12.3 Å². The predicted molar refractivity (Wildman–Crippen MR) is 124 cm³/mol. The minimum absolute atomic E-state index is 0.145. The minimum atomic E-state index is -4.45. The molecular weight excluding hydrogens is 485 g/mol. The van der Waals surface area contributed by atoms with Gasteiger partial charge in [0.1, 0.15) is 11.3 Å². The SMILES string of the molecule is CC(C)(C)OC(=O)N1CC(Nc2nnc(-c3ccc(C(F)(F)F)cc3)c3ccccc23)CS1(=O)=O. The topological polar surface area (TPSA) is 101 Å². The Morgan fingerprint density at radius 1 is 1.03 bits per heavy atom. The van der Waals surface area contributed by atoms with Crippen molar-refractivity contribution in [2.75, 3.05) is 17.6 Å². The van der Waals surface area contributed by atoms with Gasteiger partial charge in [-0.2, -0.15) is 13.2 Å². The molecule has 1 saturated heterocycles. The van der Waals surface area contributed by atoms with Gasteiger partial charge >= 0.3 is 12.3 Å². The zero-order valence-electron chi connectivity index (χ0n) is 19.1. The predicted octanol–water partition coefficient (Wildman–Crippen LogP) is 4.68. The molecule has 1 fully saturated rings. The molecule has 1 unspecified atom stereocenters. The Hall–Kier alpha value is -3.41. The van der Waals surface area contributed by atoms with Crippen LogP contribution in [0.5, 0.6) is 0 Å². The molecule has 4 rings (SSSR count). The van der Waals surface area contributed by atoms with Crippen LogP contribution in [0.2, 0.25) is 0 Å². The van der Waals surface area contributed by atoms with Crippen molar-refractivity contribution < 1.29 is 31.1 Å². The first-order valence-corrected chi connectivity index (χ1v) is 12.3. The maximum atomic E-state index is 12.9. The summed E-state index contributed by atoms with van der Waals surface area (Å²) in [7, 11) is -3.89. The second-order valence-corrected chi connectivity index (χ2v) is 11.1. The van der Waals surface area contributed by atoms with Gasteiger partial charge in [-0.15, -0.1) is 10.2 Å². The quantitative estimate of drug-likeness (QED) is 0.548. The van der Waals surface area contributed by atoms with Crippen LogP contribution in [0.3, 0.4) is 0 Å². The van der Waals surface area contributed by atoms with E-state index in [0.29, 0.717) is 32.2 Å². The number of ether oxygens (including phenoxy) is 1. The number of rotatable bonds is 3. The minimum Gasteiger partial charge on any atom is -0.443 e. The first kappa shape index (κ1) is 24.7. The van der Waals surface area contributed by atoms with Gasteiger partial charge in [0.05, 0.1) is 23.9 Å². The number of hydrogen-bond acceptors (Lipinski definition) is 7. The van der Waals surface area contributed by atoms with Gasteiger partial charge in [0.2, 0.25) is 10.0 Å². The number of nitrogens with one attached hydrogen (secondary N) is 1. The second kappa shape index (κ2) is 8.67. The summed E-state index contributed by atoms with van der Waals surface area (Å²) in [6, 6.07) is 11.0. The number of amides is 1. The number of carbonyl (C=O) groups is 1. The lowest BCUT2D eigenvalue weighted by Gasteiger charge is -2.23. The largest absolute Gasteiger partial charge is 0.443 e. The van der Waals surface area contributed by atoms with E-state index in [4.69, 9.17) is 4.74 Å². The summed E-state index contributed by atoms with van der Waals surface area (Å²) < 4.78 is 69.8.